The van der Waals surface area contributed by atoms with Crippen LogP contribution in [-0.2, 0) is 4.79 Å². The maximum Gasteiger partial charge on any atom is 0.231 e. The maximum absolute atomic E-state index is 13.0. The van der Waals surface area contributed by atoms with Gasteiger partial charge in [0.2, 0.25) is 5.91 Å². The normalized spacial score (nSPS) is 25.4. The van der Waals surface area contributed by atoms with Crippen molar-refractivity contribution in [3.63, 3.8) is 0 Å². The summed E-state index contributed by atoms with van der Waals surface area (Å²) in [5, 5.41) is 4.32. The molecule has 1 unspecified atom stereocenters. The van der Waals surface area contributed by atoms with E-state index in [0.29, 0.717) is 24.1 Å². The average Bonchev–Trinajstić information content (AvgIpc) is 3.14. The molecule has 2 aromatic rings. The van der Waals surface area contributed by atoms with Crippen LogP contribution in [0.25, 0.3) is 10.8 Å². The molecule has 6 nitrogen and oxygen atoms in total. The molecule has 4 rings (SSSR count). The van der Waals surface area contributed by atoms with Crippen LogP contribution in [0.3, 0.4) is 0 Å². The van der Waals surface area contributed by atoms with Crippen molar-refractivity contribution in [3.05, 3.63) is 18.3 Å². The van der Waals surface area contributed by atoms with Gasteiger partial charge in [0.05, 0.1) is 5.92 Å². The molecule has 1 saturated carbocycles. The maximum atomic E-state index is 13.0. The number of nitrogen functional groups attached to an aromatic ring is 1. The fraction of sp³-hybridized carbons (Fsp3) is 0.500. The number of nitrogens with zero attached hydrogens (tertiary/aromatic N) is 3. The van der Waals surface area contributed by atoms with E-state index in [4.69, 9.17) is 5.73 Å². The first-order valence-corrected chi connectivity index (χ1v) is 8.84. The summed E-state index contributed by atoms with van der Waals surface area (Å²) in [7, 11) is 0. The summed E-state index contributed by atoms with van der Waals surface area (Å²) in [5.74, 6) is 0.869. The summed E-state index contributed by atoms with van der Waals surface area (Å²) in [6, 6.07) is 4.26. The van der Waals surface area contributed by atoms with Crippen LogP contribution in [0.15, 0.2) is 18.3 Å². The number of carbonyl (C=O) groups is 1. The van der Waals surface area contributed by atoms with Gasteiger partial charge in [0.25, 0.3) is 0 Å². The summed E-state index contributed by atoms with van der Waals surface area (Å²) in [4.78, 5) is 23.0. The van der Waals surface area contributed by atoms with Crippen molar-refractivity contribution in [2.24, 2.45) is 5.92 Å². The lowest BCUT2D eigenvalue weighted by molar-refractivity contribution is -0.117. The minimum atomic E-state index is -1.02. The Balaban J connectivity index is 1.65. The van der Waals surface area contributed by atoms with E-state index in [-0.39, 0.29) is 5.91 Å². The summed E-state index contributed by atoms with van der Waals surface area (Å²) in [5.41, 5.74) is 6.12. The fourth-order valence-corrected chi connectivity index (χ4v) is 3.59. The number of nitrogens with one attached hydrogen (secondary N) is 1. The zero-order valence-electron chi connectivity index (χ0n) is 14.2. The van der Waals surface area contributed by atoms with Crippen LogP contribution in [-0.4, -0.2) is 34.6 Å². The fourth-order valence-electron chi connectivity index (χ4n) is 3.59. The minimum absolute atomic E-state index is 0.299. The number of rotatable bonds is 4. The smallest absolute Gasteiger partial charge is 0.231 e. The summed E-state index contributed by atoms with van der Waals surface area (Å²) in [6.45, 7) is 3.16. The summed E-state index contributed by atoms with van der Waals surface area (Å²) < 4.78 is 13.0. The zero-order valence-corrected chi connectivity index (χ0v) is 14.2. The number of hydrogen-bond acceptors (Lipinski definition) is 5. The third kappa shape index (κ3) is 2.99. The van der Waals surface area contributed by atoms with Crippen molar-refractivity contribution < 1.29 is 9.18 Å². The van der Waals surface area contributed by atoms with E-state index in [9.17, 15) is 9.18 Å². The third-order valence-electron chi connectivity index (χ3n) is 5.17. The Hall–Kier alpha value is -2.44. The average molecular weight is 343 g/mol. The first-order chi connectivity index (χ1) is 12.1. The second-order valence-electron chi connectivity index (χ2n) is 6.90. The Morgan fingerprint density at radius 3 is 3.00 bits per heavy atom. The first-order valence-electron chi connectivity index (χ1n) is 8.84. The largest absolute Gasteiger partial charge is 0.383 e. The second kappa shape index (κ2) is 6.13. The van der Waals surface area contributed by atoms with Gasteiger partial charge in [-0.1, -0.05) is 6.92 Å². The highest BCUT2D eigenvalue weighted by atomic mass is 19.1. The molecule has 0 spiro atoms. The molecule has 3 heterocycles. The molecule has 2 aliphatic rings. The molecule has 3 N–H and O–H groups in total. The number of aromatic nitrogens is 2. The van der Waals surface area contributed by atoms with E-state index in [1.54, 1.807) is 12.3 Å². The van der Waals surface area contributed by atoms with Crippen LogP contribution in [0.5, 0.6) is 0 Å². The Morgan fingerprint density at radius 1 is 1.48 bits per heavy atom. The summed E-state index contributed by atoms with van der Waals surface area (Å²) in [6.07, 6.45) is 4.28. The molecular weight excluding hydrogens is 321 g/mol. The van der Waals surface area contributed by atoms with Crippen LogP contribution in [0.1, 0.15) is 32.6 Å². The quantitative estimate of drug-likeness (QED) is 0.892. The molecule has 0 aromatic carbocycles. The standard InChI is InChI=1S/C18H22FN5O/c1-2-11-4-3-5-24(11)16-7-10-6-15(21-9-13(10)17(20)23-16)22-18(25)12-8-14(12)19/h6-7,9,11-12,14H,2-5,8H2,1H3,(H2,20,23)(H,21,22,25)/t11?,12-,14+/m0/s1. The van der Waals surface area contributed by atoms with Crippen molar-refractivity contribution in [2.45, 2.75) is 44.8 Å². The lowest BCUT2D eigenvalue weighted by atomic mass is 10.1. The number of anilines is 3. The molecule has 1 amide bonds. The van der Waals surface area contributed by atoms with E-state index >= 15 is 0 Å². The predicted molar refractivity (Wildman–Crippen MR) is 96.2 cm³/mol. The molecule has 7 heteroatoms. The Morgan fingerprint density at radius 2 is 2.28 bits per heavy atom. The lowest BCUT2D eigenvalue weighted by Gasteiger charge is -2.25. The molecule has 1 aliphatic carbocycles. The molecule has 3 atom stereocenters. The number of nitrogens with two attached hydrogens (primary N) is 1. The topological polar surface area (TPSA) is 84.1 Å². The monoisotopic (exact) mass is 343 g/mol. The number of halogens is 1. The highest BCUT2D eigenvalue weighted by Gasteiger charge is 2.43. The minimum Gasteiger partial charge on any atom is -0.383 e. The molecule has 132 valence electrons. The number of fused-ring (bicyclic) bond motifs is 1. The van der Waals surface area contributed by atoms with Crippen molar-refractivity contribution in [3.8, 4) is 0 Å². The Labute approximate surface area is 145 Å². The van der Waals surface area contributed by atoms with Gasteiger partial charge in [0.1, 0.15) is 23.6 Å². The van der Waals surface area contributed by atoms with Gasteiger partial charge < -0.3 is 16.0 Å². The van der Waals surface area contributed by atoms with Crippen molar-refractivity contribution in [1.82, 2.24) is 9.97 Å². The zero-order chi connectivity index (χ0) is 17.6. The van der Waals surface area contributed by atoms with Crippen molar-refractivity contribution in [1.29, 1.82) is 0 Å². The van der Waals surface area contributed by atoms with E-state index in [1.807, 2.05) is 6.07 Å². The van der Waals surface area contributed by atoms with Gasteiger partial charge in [0.15, 0.2) is 0 Å². The van der Waals surface area contributed by atoms with Crippen molar-refractivity contribution >= 4 is 34.1 Å². The third-order valence-corrected chi connectivity index (χ3v) is 5.17. The van der Waals surface area contributed by atoms with Gasteiger partial charge in [-0.15, -0.1) is 0 Å². The Kier molecular flexibility index (Phi) is 3.94. The molecule has 2 fully saturated rings. The van der Waals surface area contributed by atoms with Gasteiger partial charge in [-0.2, -0.15) is 0 Å². The van der Waals surface area contributed by atoms with Gasteiger partial charge in [-0.3, -0.25) is 4.79 Å². The number of amides is 1. The van der Waals surface area contributed by atoms with Crippen LogP contribution >= 0.6 is 0 Å². The highest BCUT2D eigenvalue weighted by molar-refractivity contribution is 5.98. The van der Waals surface area contributed by atoms with Gasteiger partial charge >= 0.3 is 0 Å². The van der Waals surface area contributed by atoms with Crippen LogP contribution in [0, 0.1) is 5.92 Å². The Bertz CT molecular complexity index is 826. The molecule has 1 aliphatic heterocycles. The second-order valence-corrected chi connectivity index (χ2v) is 6.90. The molecular formula is C18H22FN5O. The molecule has 0 bridgehead atoms. The number of hydrogen-bond donors (Lipinski definition) is 2. The van der Waals surface area contributed by atoms with E-state index < -0.39 is 12.1 Å². The van der Waals surface area contributed by atoms with Crippen LogP contribution < -0.4 is 16.0 Å². The molecule has 2 aromatic heterocycles. The van der Waals surface area contributed by atoms with Crippen LogP contribution in [0.4, 0.5) is 21.8 Å². The van der Waals surface area contributed by atoms with E-state index in [0.717, 1.165) is 36.0 Å². The number of pyridine rings is 2. The molecule has 1 saturated heterocycles. The molecule has 0 radical (unpaired) electrons. The van der Waals surface area contributed by atoms with Gasteiger partial charge in [-0.25, -0.2) is 14.4 Å². The van der Waals surface area contributed by atoms with Crippen molar-refractivity contribution in [2.75, 3.05) is 22.5 Å². The lowest BCUT2D eigenvalue weighted by Crippen LogP contribution is -2.29. The highest BCUT2D eigenvalue weighted by Crippen LogP contribution is 2.35. The van der Waals surface area contributed by atoms with Crippen LogP contribution in [0.2, 0.25) is 0 Å². The number of carbonyl (C=O) groups excluding carboxylic acids is 1. The SMILES string of the molecule is CCC1CCCN1c1cc2cc(NC(=O)[C@H]3C[C@H]3F)ncc2c(N)n1. The number of alkyl halides is 1. The van der Waals surface area contributed by atoms with E-state index in [1.165, 1.54) is 6.42 Å². The first kappa shape index (κ1) is 16.1. The summed E-state index contributed by atoms with van der Waals surface area (Å²) >= 11 is 0. The predicted octanol–water partition coefficient (Wildman–Crippen LogP) is 2.89. The molecule has 25 heavy (non-hydrogen) atoms. The van der Waals surface area contributed by atoms with Gasteiger partial charge in [0, 0.05) is 24.2 Å². The van der Waals surface area contributed by atoms with Gasteiger partial charge in [-0.05, 0) is 43.2 Å². The van der Waals surface area contributed by atoms with E-state index in [2.05, 4.69) is 27.1 Å².